The van der Waals surface area contributed by atoms with Crippen LogP contribution in [0.25, 0.3) is 22.2 Å². The second-order valence-corrected chi connectivity index (χ2v) is 7.37. The van der Waals surface area contributed by atoms with Crippen LogP contribution in [-0.4, -0.2) is 47.6 Å². The second-order valence-electron chi connectivity index (χ2n) is 7.37. The van der Waals surface area contributed by atoms with Crippen LogP contribution in [-0.2, 0) is 4.79 Å². The third-order valence-corrected chi connectivity index (χ3v) is 5.27. The number of pyridine rings is 1. The van der Waals surface area contributed by atoms with Gasteiger partial charge in [-0.15, -0.1) is 0 Å². The highest BCUT2D eigenvalue weighted by atomic mass is 19.1. The molecule has 0 bridgehead atoms. The molecular weight excluding hydrogens is 381 g/mol. The summed E-state index contributed by atoms with van der Waals surface area (Å²) in [5, 5.41) is 11.6. The molecule has 0 unspecified atom stereocenters. The first-order valence-electron chi connectivity index (χ1n) is 10.4. The number of rotatable bonds is 6. The van der Waals surface area contributed by atoms with Crippen LogP contribution >= 0.6 is 0 Å². The average molecular weight is 410 g/mol. The summed E-state index contributed by atoms with van der Waals surface area (Å²) in [7, 11) is 0. The quantitative estimate of drug-likeness (QED) is 0.442. The molecule has 30 heavy (non-hydrogen) atoms. The van der Waals surface area contributed by atoms with Gasteiger partial charge in [-0.3, -0.25) is 4.79 Å². The number of benzene rings is 2. The fourth-order valence-electron chi connectivity index (χ4n) is 3.80. The molecule has 0 saturated carbocycles. The molecule has 0 radical (unpaired) electrons. The maximum atomic E-state index is 13.3. The Morgan fingerprint density at radius 3 is 2.50 bits per heavy atom. The van der Waals surface area contributed by atoms with Crippen molar-refractivity contribution in [2.75, 3.05) is 31.5 Å². The van der Waals surface area contributed by atoms with Crippen molar-refractivity contribution in [1.82, 2.24) is 9.88 Å². The number of halogens is 1. The SMILES string of the molecule is Fc1ccc(-c2cc(NCCCN3CCCCC3)c3ccccc3n2)cc1.O=CO. The van der Waals surface area contributed by atoms with Gasteiger partial charge in [0.2, 0.25) is 0 Å². The molecule has 6 heteroatoms. The van der Waals surface area contributed by atoms with E-state index in [2.05, 4.69) is 22.3 Å². The number of hydrogen-bond donors (Lipinski definition) is 2. The summed E-state index contributed by atoms with van der Waals surface area (Å²) in [6.45, 7) is 4.33. The third-order valence-electron chi connectivity index (χ3n) is 5.27. The number of piperidine rings is 1. The van der Waals surface area contributed by atoms with Crippen LogP contribution in [0.1, 0.15) is 25.7 Å². The summed E-state index contributed by atoms with van der Waals surface area (Å²) >= 11 is 0. The Bertz CT molecular complexity index is 941. The molecule has 2 aromatic carbocycles. The maximum absolute atomic E-state index is 13.3. The molecule has 0 spiro atoms. The van der Waals surface area contributed by atoms with Crippen molar-refractivity contribution < 1.29 is 14.3 Å². The molecule has 1 aliphatic heterocycles. The zero-order valence-electron chi connectivity index (χ0n) is 17.1. The molecule has 158 valence electrons. The average Bonchev–Trinajstić information content (AvgIpc) is 2.78. The van der Waals surface area contributed by atoms with E-state index in [9.17, 15) is 4.39 Å². The van der Waals surface area contributed by atoms with Gasteiger partial charge in [-0.05, 0) is 75.3 Å². The standard InChI is InChI=1S/C23H26FN3.CH2O2/c24-19-11-9-18(10-12-19)22-17-23(20-7-2-3-8-21(20)26-22)25-13-6-16-27-14-4-1-5-15-27;2-1-3/h2-3,7-12,17H,1,4-6,13-16H2,(H,25,26);1H,(H,2,3). The van der Waals surface area contributed by atoms with Gasteiger partial charge < -0.3 is 15.3 Å². The van der Waals surface area contributed by atoms with Crippen molar-refractivity contribution in [2.45, 2.75) is 25.7 Å². The van der Waals surface area contributed by atoms with Gasteiger partial charge in [-0.25, -0.2) is 9.37 Å². The molecule has 1 fully saturated rings. The van der Waals surface area contributed by atoms with E-state index in [-0.39, 0.29) is 12.3 Å². The molecule has 3 aromatic rings. The molecule has 1 aliphatic rings. The van der Waals surface area contributed by atoms with Gasteiger partial charge in [0, 0.05) is 23.2 Å². The smallest absolute Gasteiger partial charge is 0.290 e. The highest BCUT2D eigenvalue weighted by Gasteiger charge is 2.10. The Morgan fingerprint density at radius 2 is 1.77 bits per heavy atom. The molecule has 0 amide bonds. The minimum atomic E-state index is -0.250. The summed E-state index contributed by atoms with van der Waals surface area (Å²) < 4.78 is 13.3. The van der Waals surface area contributed by atoms with Crippen molar-refractivity contribution in [3.05, 3.63) is 60.4 Å². The zero-order chi connectivity index (χ0) is 21.2. The lowest BCUT2D eigenvalue weighted by atomic mass is 10.1. The van der Waals surface area contributed by atoms with Gasteiger partial charge in [0.15, 0.2) is 0 Å². The fourth-order valence-corrected chi connectivity index (χ4v) is 3.80. The largest absolute Gasteiger partial charge is 0.483 e. The monoisotopic (exact) mass is 409 g/mol. The summed E-state index contributed by atoms with van der Waals surface area (Å²) in [5.74, 6) is -0.226. The summed E-state index contributed by atoms with van der Waals surface area (Å²) in [4.78, 5) is 15.7. The van der Waals surface area contributed by atoms with Crippen molar-refractivity contribution >= 4 is 23.1 Å². The number of nitrogens with zero attached hydrogens (tertiary/aromatic N) is 2. The van der Waals surface area contributed by atoms with Gasteiger partial charge in [-0.1, -0.05) is 24.6 Å². The van der Waals surface area contributed by atoms with Crippen LogP contribution in [0.4, 0.5) is 10.1 Å². The number of nitrogens with one attached hydrogen (secondary N) is 1. The Morgan fingerprint density at radius 1 is 1.07 bits per heavy atom. The van der Waals surface area contributed by atoms with E-state index in [1.54, 1.807) is 12.1 Å². The Balaban J connectivity index is 0.000000806. The molecule has 1 saturated heterocycles. The predicted octanol–water partition coefficient (Wildman–Crippen LogP) is 5.03. The Kier molecular flexibility index (Phi) is 8.15. The lowest BCUT2D eigenvalue weighted by Crippen LogP contribution is -2.31. The normalized spacial score (nSPS) is 14.0. The van der Waals surface area contributed by atoms with Gasteiger partial charge in [-0.2, -0.15) is 0 Å². The van der Waals surface area contributed by atoms with Crippen molar-refractivity contribution in [2.24, 2.45) is 0 Å². The number of carboxylic acid groups (broad SMARTS) is 1. The topological polar surface area (TPSA) is 65.5 Å². The lowest BCUT2D eigenvalue weighted by Gasteiger charge is -2.26. The van der Waals surface area contributed by atoms with Gasteiger partial charge in [0.1, 0.15) is 5.82 Å². The first-order valence-corrected chi connectivity index (χ1v) is 10.4. The van der Waals surface area contributed by atoms with Crippen LogP contribution in [0.2, 0.25) is 0 Å². The van der Waals surface area contributed by atoms with E-state index in [1.807, 2.05) is 18.2 Å². The van der Waals surface area contributed by atoms with E-state index in [0.29, 0.717) is 0 Å². The van der Waals surface area contributed by atoms with Gasteiger partial charge in [0.05, 0.1) is 11.2 Å². The van der Waals surface area contributed by atoms with Crippen LogP contribution in [0.15, 0.2) is 54.6 Å². The second kappa shape index (κ2) is 11.3. The van der Waals surface area contributed by atoms with Gasteiger partial charge in [0.25, 0.3) is 6.47 Å². The minimum absolute atomic E-state index is 0.226. The first-order chi connectivity index (χ1) is 14.7. The fraction of sp³-hybridized carbons (Fsp3) is 0.333. The number of hydrogen-bond acceptors (Lipinski definition) is 4. The Labute approximate surface area is 176 Å². The van der Waals surface area contributed by atoms with Crippen LogP contribution in [0.5, 0.6) is 0 Å². The summed E-state index contributed by atoms with van der Waals surface area (Å²) in [5.41, 5.74) is 3.85. The maximum Gasteiger partial charge on any atom is 0.290 e. The van der Waals surface area contributed by atoms with E-state index in [1.165, 1.54) is 44.5 Å². The molecule has 2 heterocycles. The highest BCUT2D eigenvalue weighted by Crippen LogP contribution is 2.28. The van der Waals surface area contributed by atoms with E-state index in [0.717, 1.165) is 47.4 Å². The summed E-state index contributed by atoms with van der Waals surface area (Å²) in [6, 6.07) is 16.8. The van der Waals surface area contributed by atoms with Crippen LogP contribution in [0.3, 0.4) is 0 Å². The predicted molar refractivity (Wildman–Crippen MR) is 119 cm³/mol. The molecule has 0 aliphatic carbocycles. The van der Waals surface area contributed by atoms with E-state index >= 15 is 0 Å². The summed E-state index contributed by atoms with van der Waals surface area (Å²) in [6.07, 6.45) is 5.18. The zero-order valence-corrected chi connectivity index (χ0v) is 17.1. The molecule has 1 aromatic heterocycles. The molecular formula is C24H28FN3O2. The number of anilines is 1. The molecule has 5 nitrogen and oxygen atoms in total. The van der Waals surface area contributed by atoms with Crippen molar-refractivity contribution in [1.29, 1.82) is 0 Å². The van der Waals surface area contributed by atoms with Gasteiger partial charge >= 0.3 is 0 Å². The highest BCUT2D eigenvalue weighted by molar-refractivity contribution is 5.93. The number of likely N-dealkylation sites (tertiary alicyclic amines) is 1. The number of para-hydroxylation sites is 1. The molecule has 2 N–H and O–H groups in total. The van der Waals surface area contributed by atoms with Crippen LogP contribution < -0.4 is 5.32 Å². The third kappa shape index (κ3) is 6.00. The number of carbonyl (C=O) groups is 1. The lowest BCUT2D eigenvalue weighted by molar-refractivity contribution is -0.122. The minimum Gasteiger partial charge on any atom is -0.483 e. The molecule has 4 rings (SSSR count). The van der Waals surface area contributed by atoms with E-state index in [4.69, 9.17) is 14.9 Å². The molecule has 0 atom stereocenters. The van der Waals surface area contributed by atoms with Crippen molar-refractivity contribution in [3.63, 3.8) is 0 Å². The first kappa shape index (κ1) is 21.7. The van der Waals surface area contributed by atoms with Crippen molar-refractivity contribution in [3.8, 4) is 11.3 Å². The number of aromatic nitrogens is 1. The Hall–Kier alpha value is -2.99. The van der Waals surface area contributed by atoms with Crippen LogP contribution in [0, 0.1) is 5.82 Å². The number of fused-ring (bicyclic) bond motifs is 1. The van der Waals surface area contributed by atoms with E-state index < -0.39 is 0 Å².